The highest BCUT2D eigenvalue weighted by Crippen LogP contribution is 2.49. The topological polar surface area (TPSA) is 59.1 Å². The number of hydrogen-bond acceptors (Lipinski definition) is 3. The number of nitrogens with two attached hydrogens (primary N) is 1. The van der Waals surface area contributed by atoms with Gasteiger partial charge >= 0.3 is 0 Å². The highest BCUT2D eigenvalue weighted by molar-refractivity contribution is 5.45. The number of anilines is 1. The van der Waals surface area contributed by atoms with Crippen LogP contribution < -0.4 is 5.73 Å². The van der Waals surface area contributed by atoms with Crippen molar-refractivity contribution in [3.63, 3.8) is 0 Å². The molecule has 2 unspecified atom stereocenters. The fraction of sp³-hybridized carbons (Fsp3) is 0.667. The van der Waals surface area contributed by atoms with Crippen LogP contribution in [-0.2, 0) is 5.60 Å². The third-order valence-corrected chi connectivity index (χ3v) is 4.38. The number of rotatable bonds is 1. The Labute approximate surface area is 109 Å². The maximum atomic E-state index is 11.0. The average molecular weight is 248 g/mol. The third kappa shape index (κ3) is 2.24. The Morgan fingerprint density at radius 1 is 1.39 bits per heavy atom. The molecule has 2 rings (SSSR count). The Kier molecular flexibility index (Phi) is 3.14. The summed E-state index contributed by atoms with van der Waals surface area (Å²) in [5.41, 5.74) is 7.30. The number of hydrogen-bond donors (Lipinski definition) is 2. The van der Waals surface area contributed by atoms with E-state index in [0.29, 0.717) is 11.2 Å². The molecular formula is C15H24N2O. The number of nitrogen functional groups attached to an aromatic ring is 1. The first-order valence-electron chi connectivity index (χ1n) is 6.70. The summed E-state index contributed by atoms with van der Waals surface area (Å²) in [6, 6.07) is 1.98. The van der Waals surface area contributed by atoms with E-state index in [2.05, 4.69) is 25.8 Å². The van der Waals surface area contributed by atoms with E-state index in [-0.39, 0.29) is 5.92 Å². The molecule has 0 aromatic carbocycles. The summed E-state index contributed by atoms with van der Waals surface area (Å²) in [5.74, 6) is 0.668. The zero-order chi connectivity index (χ0) is 13.6. The Balaban J connectivity index is 2.40. The zero-order valence-electron chi connectivity index (χ0n) is 11.8. The van der Waals surface area contributed by atoms with Crippen molar-refractivity contribution in [2.75, 3.05) is 5.73 Å². The van der Waals surface area contributed by atoms with Gasteiger partial charge in [0.25, 0.3) is 0 Å². The first-order chi connectivity index (χ1) is 8.24. The van der Waals surface area contributed by atoms with Crippen LogP contribution in [0.15, 0.2) is 12.3 Å². The molecule has 0 saturated heterocycles. The predicted octanol–water partition coefficient (Wildman–Crippen LogP) is 3.01. The van der Waals surface area contributed by atoms with Gasteiger partial charge in [0.2, 0.25) is 0 Å². The molecule has 3 nitrogen and oxygen atoms in total. The molecule has 1 heterocycles. The lowest BCUT2D eigenvalue weighted by Crippen LogP contribution is -2.42. The lowest BCUT2D eigenvalue weighted by atomic mass is 9.63. The quantitative estimate of drug-likeness (QED) is 0.803. The van der Waals surface area contributed by atoms with Gasteiger partial charge in [0.05, 0.1) is 5.60 Å². The number of aryl methyl sites for hydroxylation is 1. The fourth-order valence-corrected chi connectivity index (χ4v) is 3.20. The van der Waals surface area contributed by atoms with Gasteiger partial charge in [0.15, 0.2) is 0 Å². The summed E-state index contributed by atoms with van der Waals surface area (Å²) in [7, 11) is 0. The lowest BCUT2D eigenvalue weighted by molar-refractivity contribution is -0.0766. The Morgan fingerprint density at radius 2 is 2.06 bits per heavy atom. The smallest absolute Gasteiger partial charge is 0.129 e. The minimum absolute atomic E-state index is 0.201. The van der Waals surface area contributed by atoms with Gasteiger partial charge in [-0.05, 0) is 49.1 Å². The van der Waals surface area contributed by atoms with Gasteiger partial charge in [-0.3, -0.25) is 0 Å². The summed E-state index contributed by atoms with van der Waals surface area (Å²) in [6.07, 6.45) is 4.54. The van der Waals surface area contributed by atoms with Gasteiger partial charge in [-0.1, -0.05) is 20.8 Å². The van der Waals surface area contributed by atoms with Gasteiger partial charge in [-0.25, -0.2) is 4.98 Å². The van der Waals surface area contributed by atoms with Crippen molar-refractivity contribution in [2.45, 2.75) is 52.6 Å². The summed E-state index contributed by atoms with van der Waals surface area (Å²) in [5, 5.41) is 11.0. The van der Waals surface area contributed by atoms with Crippen molar-refractivity contribution in [2.24, 2.45) is 11.3 Å². The second-order valence-corrected chi connectivity index (χ2v) is 6.64. The molecule has 1 aromatic heterocycles. The summed E-state index contributed by atoms with van der Waals surface area (Å²) < 4.78 is 0. The molecule has 3 N–H and O–H groups in total. The molecule has 0 radical (unpaired) electrons. The van der Waals surface area contributed by atoms with E-state index in [1.54, 1.807) is 6.20 Å². The largest absolute Gasteiger partial charge is 0.385 e. The maximum Gasteiger partial charge on any atom is 0.129 e. The van der Waals surface area contributed by atoms with Crippen molar-refractivity contribution < 1.29 is 5.11 Å². The van der Waals surface area contributed by atoms with Crippen LogP contribution in [0.5, 0.6) is 0 Å². The lowest BCUT2D eigenvalue weighted by Gasteiger charge is -2.45. The molecule has 1 saturated carbocycles. The van der Waals surface area contributed by atoms with E-state index in [0.717, 1.165) is 30.4 Å². The minimum atomic E-state index is -0.821. The molecule has 100 valence electrons. The van der Waals surface area contributed by atoms with Crippen LogP contribution in [-0.4, -0.2) is 10.1 Å². The van der Waals surface area contributed by atoms with Crippen LogP contribution in [0.3, 0.4) is 0 Å². The Hall–Kier alpha value is -1.09. The number of aliphatic hydroxyl groups is 1. The zero-order valence-corrected chi connectivity index (χ0v) is 11.8. The third-order valence-electron chi connectivity index (χ3n) is 4.38. The van der Waals surface area contributed by atoms with E-state index in [4.69, 9.17) is 5.73 Å². The van der Waals surface area contributed by atoms with E-state index in [9.17, 15) is 5.11 Å². The summed E-state index contributed by atoms with van der Waals surface area (Å²) in [4.78, 5) is 4.19. The van der Waals surface area contributed by atoms with Crippen LogP contribution in [0.1, 0.15) is 51.2 Å². The number of pyridine rings is 1. The van der Waals surface area contributed by atoms with E-state index in [1.165, 1.54) is 0 Å². The van der Waals surface area contributed by atoms with Crippen LogP contribution in [0.2, 0.25) is 0 Å². The van der Waals surface area contributed by atoms with Crippen LogP contribution >= 0.6 is 0 Å². The van der Waals surface area contributed by atoms with Gasteiger partial charge in [-0.2, -0.15) is 0 Å². The standard InChI is InChI=1S/C15H24N2O/c1-10-7-12(13(16)17-9-10)15(18)6-5-14(3,4)8-11(15)2/h7,9,11,18H,5-6,8H2,1-4H3,(H2,16,17). The summed E-state index contributed by atoms with van der Waals surface area (Å²) in [6.45, 7) is 8.63. The summed E-state index contributed by atoms with van der Waals surface area (Å²) >= 11 is 0. The second-order valence-electron chi connectivity index (χ2n) is 6.64. The number of nitrogens with zero attached hydrogens (tertiary/aromatic N) is 1. The molecule has 1 aliphatic carbocycles. The fourth-order valence-electron chi connectivity index (χ4n) is 3.20. The van der Waals surface area contributed by atoms with Crippen molar-refractivity contribution in [1.82, 2.24) is 4.98 Å². The number of aromatic nitrogens is 1. The molecule has 0 aliphatic heterocycles. The molecule has 1 aliphatic rings. The van der Waals surface area contributed by atoms with Gasteiger partial charge in [-0.15, -0.1) is 0 Å². The van der Waals surface area contributed by atoms with Gasteiger partial charge in [0.1, 0.15) is 5.82 Å². The molecule has 3 heteroatoms. The van der Waals surface area contributed by atoms with Crippen LogP contribution in [0.4, 0.5) is 5.82 Å². The van der Waals surface area contributed by atoms with E-state index >= 15 is 0 Å². The highest BCUT2D eigenvalue weighted by Gasteiger charge is 2.44. The molecule has 18 heavy (non-hydrogen) atoms. The molecule has 0 amide bonds. The van der Waals surface area contributed by atoms with E-state index < -0.39 is 5.60 Å². The normalized spacial score (nSPS) is 31.3. The Morgan fingerprint density at radius 3 is 2.67 bits per heavy atom. The molecule has 1 aromatic rings. The molecule has 0 bridgehead atoms. The van der Waals surface area contributed by atoms with Crippen LogP contribution in [0.25, 0.3) is 0 Å². The average Bonchev–Trinajstić information content (AvgIpc) is 2.27. The van der Waals surface area contributed by atoms with Crippen molar-refractivity contribution in [3.05, 3.63) is 23.4 Å². The molecular weight excluding hydrogens is 224 g/mol. The van der Waals surface area contributed by atoms with Crippen molar-refractivity contribution >= 4 is 5.82 Å². The van der Waals surface area contributed by atoms with E-state index in [1.807, 2.05) is 13.0 Å². The first kappa shape index (κ1) is 13.3. The Bertz CT molecular complexity index is 456. The highest BCUT2D eigenvalue weighted by atomic mass is 16.3. The minimum Gasteiger partial charge on any atom is -0.385 e. The first-order valence-corrected chi connectivity index (χ1v) is 6.70. The van der Waals surface area contributed by atoms with Gasteiger partial charge in [0, 0.05) is 11.8 Å². The van der Waals surface area contributed by atoms with Gasteiger partial charge < -0.3 is 10.8 Å². The SMILES string of the molecule is Cc1cnc(N)c(C2(O)CCC(C)(C)CC2C)c1. The maximum absolute atomic E-state index is 11.0. The molecule has 1 fully saturated rings. The monoisotopic (exact) mass is 248 g/mol. The predicted molar refractivity (Wildman–Crippen MR) is 74.1 cm³/mol. The molecule has 0 spiro atoms. The molecule has 2 atom stereocenters. The van der Waals surface area contributed by atoms with Crippen LogP contribution in [0, 0.1) is 18.3 Å². The second kappa shape index (κ2) is 4.23. The van der Waals surface area contributed by atoms with Crippen molar-refractivity contribution in [3.8, 4) is 0 Å². The van der Waals surface area contributed by atoms with Crippen molar-refractivity contribution in [1.29, 1.82) is 0 Å².